The van der Waals surface area contributed by atoms with E-state index in [1.165, 1.54) is 43.9 Å². The molecule has 6 aromatic carbocycles. The second-order valence-corrected chi connectivity index (χ2v) is 16.5. The first kappa shape index (κ1) is 27.2. The van der Waals surface area contributed by atoms with Crippen molar-refractivity contribution in [2.24, 2.45) is 0 Å². The summed E-state index contributed by atoms with van der Waals surface area (Å²) >= 11 is 0. The topological polar surface area (TPSA) is 25.8 Å². The Labute approximate surface area is 265 Å². The average Bonchev–Trinajstić information content (AvgIpc) is 3.35. The smallest absolute Gasteiger partial charge is 0.159 e. The zero-order chi connectivity index (χ0) is 30.4. The van der Waals surface area contributed by atoms with Gasteiger partial charge in [0.2, 0.25) is 0 Å². The van der Waals surface area contributed by atoms with E-state index in [2.05, 4.69) is 171 Å². The molecular weight excluding hydrogens is 561 g/mol. The van der Waals surface area contributed by atoms with Crippen molar-refractivity contribution >= 4 is 18.6 Å². The largest absolute Gasteiger partial charge is 0.237 e. The molecule has 7 aromatic rings. The molecule has 0 aliphatic carbocycles. The van der Waals surface area contributed by atoms with Crippen molar-refractivity contribution in [3.8, 4) is 67.2 Å². The third-order valence-corrected chi connectivity index (χ3v) is 12.4. The minimum atomic E-state index is -2.08. The van der Waals surface area contributed by atoms with Crippen LogP contribution in [-0.4, -0.2) is 18.0 Å². The van der Waals surface area contributed by atoms with Gasteiger partial charge in [0.1, 0.15) is 8.07 Å². The molecule has 2 nitrogen and oxygen atoms in total. The van der Waals surface area contributed by atoms with E-state index in [9.17, 15) is 0 Å². The third kappa shape index (κ3) is 4.82. The Morgan fingerprint density at radius 1 is 0.400 bits per heavy atom. The van der Waals surface area contributed by atoms with E-state index in [1.807, 2.05) is 0 Å². The lowest BCUT2D eigenvalue weighted by atomic mass is 9.95. The monoisotopic (exact) mass is 592 g/mol. The zero-order valence-corrected chi connectivity index (χ0v) is 26.4. The predicted molar refractivity (Wildman–Crippen MR) is 191 cm³/mol. The number of fused-ring (bicyclic) bond motifs is 3. The Kier molecular flexibility index (Phi) is 6.62. The van der Waals surface area contributed by atoms with Gasteiger partial charge in [-0.2, -0.15) is 0 Å². The number of hydrogen-bond donors (Lipinski definition) is 0. The lowest BCUT2D eigenvalue weighted by molar-refractivity contribution is 1.21. The first-order valence-corrected chi connectivity index (χ1v) is 18.5. The van der Waals surface area contributed by atoms with Crippen molar-refractivity contribution < 1.29 is 0 Å². The Morgan fingerprint density at radius 3 is 1.42 bits per heavy atom. The zero-order valence-electron chi connectivity index (χ0n) is 25.4. The molecule has 2 heterocycles. The molecular formula is C42H32N2Si. The van der Waals surface area contributed by atoms with Crippen LogP contribution in [0.4, 0.5) is 0 Å². The molecule has 0 saturated heterocycles. The molecule has 1 aliphatic rings. The Balaban J connectivity index is 1.36. The fraction of sp³-hybridized carbons (Fsp3) is 0.0476. The molecule has 8 rings (SSSR count). The fourth-order valence-electron chi connectivity index (χ4n) is 6.68. The highest BCUT2D eigenvalue weighted by atomic mass is 28.3. The lowest BCUT2D eigenvalue weighted by Crippen LogP contribution is -2.50. The molecule has 0 saturated carbocycles. The molecule has 0 amide bonds. The molecule has 3 heteroatoms. The van der Waals surface area contributed by atoms with E-state index in [4.69, 9.17) is 9.97 Å². The molecule has 0 radical (unpaired) electrons. The standard InChI is InChI=1S/C42H32N2Si/c1-45(2)38-21-13-12-20-37(38)39-40(33-24-22-32(23-25-33)29-14-6-3-7-15-29)43-41(44-42(39)45)36-27-34(30-16-8-4-9-17-30)26-35(28-36)31-18-10-5-11-19-31/h3-28H,1-2H3. The number of rotatable bonds is 5. The van der Waals surface area contributed by atoms with Crippen LogP contribution in [-0.2, 0) is 0 Å². The highest BCUT2D eigenvalue weighted by molar-refractivity contribution is 7.03. The van der Waals surface area contributed by atoms with Crippen molar-refractivity contribution in [1.82, 2.24) is 9.97 Å². The van der Waals surface area contributed by atoms with Gasteiger partial charge in [-0.15, -0.1) is 0 Å². The highest BCUT2D eigenvalue weighted by Gasteiger charge is 2.41. The molecule has 1 aliphatic heterocycles. The fourth-order valence-corrected chi connectivity index (χ4v) is 9.60. The molecule has 0 atom stereocenters. The summed E-state index contributed by atoms with van der Waals surface area (Å²) in [4.78, 5) is 10.9. The van der Waals surface area contributed by atoms with Crippen molar-refractivity contribution in [2.75, 3.05) is 0 Å². The van der Waals surface area contributed by atoms with Crippen molar-refractivity contribution in [2.45, 2.75) is 13.1 Å². The molecule has 0 bridgehead atoms. The van der Waals surface area contributed by atoms with Crippen molar-refractivity contribution in [3.63, 3.8) is 0 Å². The summed E-state index contributed by atoms with van der Waals surface area (Å²) in [5, 5.41) is 2.64. The SMILES string of the molecule is C[Si]1(C)c2ccccc2-c2c(-c3ccc(-c4ccccc4)cc3)nc(-c3cc(-c4ccccc4)cc(-c4ccccc4)c3)nc21. The summed E-state index contributed by atoms with van der Waals surface area (Å²) in [6, 6.07) is 56.3. The van der Waals surface area contributed by atoms with Gasteiger partial charge in [-0.3, -0.25) is 0 Å². The van der Waals surface area contributed by atoms with Gasteiger partial charge in [0.25, 0.3) is 0 Å². The van der Waals surface area contributed by atoms with Crippen molar-refractivity contribution in [1.29, 1.82) is 0 Å². The molecule has 45 heavy (non-hydrogen) atoms. The van der Waals surface area contributed by atoms with E-state index in [1.54, 1.807) is 0 Å². The van der Waals surface area contributed by atoms with Crippen LogP contribution in [0.5, 0.6) is 0 Å². The van der Waals surface area contributed by atoms with E-state index in [0.29, 0.717) is 0 Å². The number of benzene rings is 6. The Bertz CT molecular complexity index is 2100. The van der Waals surface area contributed by atoms with Crippen LogP contribution < -0.4 is 10.5 Å². The molecule has 0 N–H and O–H groups in total. The van der Waals surface area contributed by atoms with Crippen LogP contribution in [0.25, 0.3) is 67.2 Å². The number of hydrogen-bond acceptors (Lipinski definition) is 2. The van der Waals surface area contributed by atoms with Gasteiger partial charge >= 0.3 is 0 Å². The van der Waals surface area contributed by atoms with E-state index < -0.39 is 8.07 Å². The quantitative estimate of drug-likeness (QED) is 0.186. The molecule has 0 spiro atoms. The van der Waals surface area contributed by atoms with E-state index in [0.717, 1.165) is 33.8 Å². The number of aromatic nitrogens is 2. The predicted octanol–water partition coefficient (Wildman–Crippen LogP) is 9.61. The van der Waals surface area contributed by atoms with Gasteiger partial charge < -0.3 is 0 Å². The summed E-state index contributed by atoms with van der Waals surface area (Å²) in [5.41, 5.74) is 12.7. The maximum atomic E-state index is 5.46. The lowest BCUT2D eigenvalue weighted by Gasteiger charge is -2.19. The van der Waals surface area contributed by atoms with Crippen molar-refractivity contribution in [3.05, 3.63) is 158 Å². The maximum Gasteiger partial charge on any atom is 0.159 e. The maximum absolute atomic E-state index is 5.46. The summed E-state index contributed by atoms with van der Waals surface area (Å²) in [6.45, 7) is 4.85. The van der Waals surface area contributed by atoms with Crippen LogP contribution >= 0.6 is 0 Å². The molecule has 0 unspecified atom stereocenters. The molecule has 1 aromatic heterocycles. The number of nitrogens with zero attached hydrogens (tertiary/aromatic N) is 2. The summed E-state index contributed by atoms with van der Waals surface area (Å²) in [5.74, 6) is 0.777. The first-order chi connectivity index (χ1) is 22.1. The third-order valence-electron chi connectivity index (χ3n) is 9.04. The second kappa shape index (κ2) is 11.0. The van der Waals surface area contributed by atoms with Gasteiger partial charge in [-0.25, -0.2) is 9.97 Å². The van der Waals surface area contributed by atoms with Crippen LogP contribution in [0, 0.1) is 0 Å². The van der Waals surface area contributed by atoms with E-state index >= 15 is 0 Å². The minimum Gasteiger partial charge on any atom is -0.237 e. The second-order valence-electron chi connectivity index (χ2n) is 12.3. The van der Waals surface area contributed by atoms with Gasteiger partial charge in [0.15, 0.2) is 5.82 Å². The molecule has 214 valence electrons. The summed E-state index contributed by atoms with van der Waals surface area (Å²) in [6.07, 6.45) is 0. The minimum absolute atomic E-state index is 0.777. The highest BCUT2D eigenvalue weighted by Crippen LogP contribution is 2.38. The van der Waals surface area contributed by atoms with Gasteiger partial charge in [-0.1, -0.05) is 153 Å². The van der Waals surface area contributed by atoms with Gasteiger partial charge in [0.05, 0.1) is 5.69 Å². The van der Waals surface area contributed by atoms with Crippen LogP contribution in [0.3, 0.4) is 0 Å². The normalized spacial score (nSPS) is 12.8. The van der Waals surface area contributed by atoms with Crippen LogP contribution in [0.2, 0.25) is 13.1 Å². The van der Waals surface area contributed by atoms with Crippen LogP contribution in [0.15, 0.2) is 158 Å². The van der Waals surface area contributed by atoms with E-state index in [-0.39, 0.29) is 0 Å². The Hall–Kier alpha value is -5.38. The average molecular weight is 593 g/mol. The van der Waals surface area contributed by atoms with Crippen LogP contribution in [0.1, 0.15) is 0 Å². The Morgan fingerprint density at radius 2 is 0.844 bits per heavy atom. The first-order valence-electron chi connectivity index (χ1n) is 15.5. The summed E-state index contributed by atoms with van der Waals surface area (Å²) in [7, 11) is -2.08. The van der Waals surface area contributed by atoms with Gasteiger partial charge in [-0.05, 0) is 62.3 Å². The summed E-state index contributed by atoms with van der Waals surface area (Å²) < 4.78 is 0. The van der Waals surface area contributed by atoms with Gasteiger partial charge in [0, 0.05) is 22.0 Å². The molecule has 0 fully saturated rings.